The normalized spacial score (nSPS) is 18.5. The van der Waals surface area contributed by atoms with E-state index in [0.717, 1.165) is 37.2 Å². The first-order valence-electron chi connectivity index (χ1n) is 8.95. The lowest BCUT2D eigenvalue weighted by Crippen LogP contribution is -2.44. The SMILES string of the molecule is CN1CCC2(CC1)CN(C(=O)c1ccc([N+](=O)[O-])cc1)c1ccc(F)cc12. The summed E-state index contributed by atoms with van der Waals surface area (Å²) in [5.74, 6) is -0.509. The van der Waals surface area contributed by atoms with Crippen molar-refractivity contribution < 1.29 is 14.1 Å². The first kappa shape index (κ1) is 17.6. The molecular formula is C20H20FN3O3. The topological polar surface area (TPSA) is 66.7 Å². The van der Waals surface area contributed by atoms with E-state index in [4.69, 9.17) is 0 Å². The van der Waals surface area contributed by atoms with Crippen LogP contribution in [0, 0.1) is 15.9 Å². The third-order valence-electron chi connectivity index (χ3n) is 5.80. The second-order valence-electron chi connectivity index (χ2n) is 7.44. The molecule has 0 N–H and O–H groups in total. The van der Waals surface area contributed by atoms with E-state index >= 15 is 0 Å². The van der Waals surface area contributed by atoms with Crippen LogP contribution in [0.15, 0.2) is 42.5 Å². The van der Waals surface area contributed by atoms with Gasteiger partial charge in [-0.3, -0.25) is 14.9 Å². The van der Waals surface area contributed by atoms with Gasteiger partial charge in [0, 0.05) is 35.3 Å². The third-order valence-corrected chi connectivity index (χ3v) is 5.80. The highest BCUT2D eigenvalue weighted by Gasteiger charge is 2.46. The fraction of sp³-hybridized carbons (Fsp3) is 0.350. The maximum absolute atomic E-state index is 14.0. The first-order chi connectivity index (χ1) is 12.9. The highest BCUT2D eigenvalue weighted by atomic mass is 19.1. The van der Waals surface area contributed by atoms with Crippen LogP contribution >= 0.6 is 0 Å². The van der Waals surface area contributed by atoms with Gasteiger partial charge in [-0.2, -0.15) is 0 Å². The molecule has 1 fully saturated rings. The van der Waals surface area contributed by atoms with Crippen molar-refractivity contribution in [3.05, 3.63) is 69.5 Å². The second kappa shape index (κ2) is 6.42. The summed E-state index contributed by atoms with van der Waals surface area (Å²) in [6.07, 6.45) is 1.73. The Morgan fingerprint density at radius 2 is 1.81 bits per heavy atom. The average molecular weight is 369 g/mol. The van der Waals surface area contributed by atoms with Crippen LogP contribution in [0.4, 0.5) is 15.8 Å². The lowest BCUT2D eigenvalue weighted by Gasteiger charge is -2.38. The van der Waals surface area contributed by atoms with Crippen molar-refractivity contribution in [2.24, 2.45) is 0 Å². The molecule has 0 aromatic heterocycles. The molecule has 1 saturated heterocycles. The number of rotatable bonds is 2. The van der Waals surface area contributed by atoms with Gasteiger partial charge < -0.3 is 9.80 Å². The van der Waals surface area contributed by atoms with Crippen molar-refractivity contribution in [3.63, 3.8) is 0 Å². The summed E-state index contributed by atoms with van der Waals surface area (Å²) < 4.78 is 14.0. The number of amides is 1. The predicted octanol–water partition coefficient (Wildman–Crippen LogP) is 3.36. The van der Waals surface area contributed by atoms with Crippen LogP contribution in [0.3, 0.4) is 0 Å². The fourth-order valence-corrected chi connectivity index (χ4v) is 4.18. The number of carbonyl (C=O) groups excluding carboxylic acids is 1. The molecule has 2 aromatic carbocycles. The van der Waals surface area contributed by atoms with E-state index < -0.39 is 4.92 Å². The lowest BCUT2D eigenvalue weighted by molar-refractivity contribution is -0.384. The minimum atomic E-state index is -0.490. The number of nitro benzene ring substituents is 1. The van der Waals surface area contributed by atoms with Gasteiger partial charge in [0.05, 0.1) is 4.92 Å². The van der Waals surface area contributed by atoms with E-state index in [1.54, 1.807) is 17.0 Å². The zero-order chi connectivity index (χ0) is 19.2. The number of benzene rings is 2. The molecule has 140 valence electrons. The molecule has 0 aliphatic carbocycles. The molecule has 0 atom stereocenters. The minimum Gasteiger partial charge on any atom is -0.307 e. The minimum absolute atomic E-state index is 0.0535. The van der Waals surface area contributed by atoms with Crippen molar-refractivity contribution in [1.82, 2.24) is 4.90 Å². The van der Waals surface area contributed by atoms with E-state index in [-0.39, 0.29) is 22.8 Å². The predicted molar refractivity (Wildman–Crippen MR) is 99.6 cm³/mol. The molecule has 0 unspecified atom stereocenters. The van der Waals surface area contributed by atoms with E-state index in [1.165, 1.54) is 30.3 Å². The van der Waals surface area contributed by atoms with Gasteiger partial charge in [-0.05, 0) is 68.9 Å². The standard InChI is InChI=1S/C20H20FN3O3/c1-22-10-8-20(9-11-22)13-23(18-7-4-15(21)12-17(18)20)19(25)14-2-5-16(6-3-14)24(26)27/h2-7,12H,8-11,13H2,1H3. The molecule has 7 heteroatoms. The number of hydrogen-bond donors (Lipinski definition) is 0. The monoisotopic (exact) mass is 369 g/mol. The lowest BCUT2D eigenvalue weighted by atomic mass is 9.74. The molecule has 2 aromatic rings. The Morgan fingerprint density at radius 3 is 2.44 bits per heavy atom. The Labute approximate surface area is 156 Å². The zero-order valence-electron chi connectivity index (χ0n) is 15.0. The molecule has 2 aliphatic heterocycles. The van der Waals surface area contributed by atoms with Crippen molar-refractivity contribution in [1.29, 1.82) is 0 Å². The quantitative estimate of drug-likeness (QED) is 0.601. The molecule has 4 rings (SSSR count). The Balaban J connectivity index is 1.70. The van der Waals surface area contributed by atoms with Gasteiger partial charge in [0.1, 0.15) is 5.82 Å². The summed E-state index contributed by atoms with van der Waals surface area (Å²) in [6, 6.07) is 10.2. The number of halogens is 1. The summed E-state index contributed by atoms with van der Waals surface area (Å²) in [6.45, 7) is 2.31. The molecule has 1 spiro atoms. The van der Waals surface area contributed by atoms with E-state index in [9.17, 15) is 19.3 Å². The molecule has 2 aliphatic rings. The highest BCUT2D eigenvalue weighted by Crippen LogP contribution is 2.47. The molecule has 0 radical (unpaired) electrons. The van der Waals surface area contributed by atoms with E-state index in [2.05, 4.69) is 11.9 Å². The van der Waals surface area contributed by atoms with Gasteiger partial charge in [-0.1, -0.05) is 0 Å². The smallest absolute Gasteiger partial charge is 0.269 e. The number of fused-ring (bicyclic) bond motifs is 2. The van der Waals surface area contributed by atoms with Crippen LogP contribution in [0.5, 0.6) is 0 Å². The van der Waals surface area contributed by atoms with Crippen LogP contribution in [-0.4, -0.2) is 42.4 Å². The van der Waals surface area contributed by atoms with Crippen LogP contribution < -0.4 is 4.90 Å². The highest BCUT2D eigenvalue weighted by molar-refractivity contribution is 6.07. The van der Waals surface area contributed by atoms with Crippen LogP contribution in [0.1, 0.15) is 28.8 Å². The number of likely N-dealkylation sites (tertiary alicyclic amines) is 1. The number of non-ortho nitro benzene ring substituents is 1. The van der Waals surface area contributed by atoms with Gasteiger partial charge in [-0.25, -0.2) is 4.39 Å². The van der Waals surface area contributed by atoms with Crippen LogP contribution in [-0.2, 0) is 5.41 Å². The Kier molecular flexibility index (Phi) is 4.19. The van der Waals surface area contributed by atoms with Crippen LogP contribution in [0.25, 0.3) is 0 Å². The fourth-order valence-electron chi connectivity index (χ4n) is 4.18. The number of nitro groups is 1. The van der Waals surface area contributed by atoms with Gasteiger partial charge in [0.15, 0.2) is 0 Å². The summed E-state index contributed by atoms with van der Waals surface area (Å²) in [7, 11) is 2.06. The van der Waals surface area contributed by atoms with Crippen molar-refractivity contribution in [2.45, 2.75) is 18.3 Å². The Hall–Kier alpha value is -2.80. The molecular weight excluding hydrogens is 349 g/mol. The summed E-state index contributed by atoms with van der Waals surface area (Å²) in [4.78, 5) is 27.4. The van der Waals surface area contributed by atoms with Gasteiger partial charge >= 0.3 is 0 Å². The number of hydrogen-bond acceptors (Lipinski definition) is 4. The molecule has 27 heavy (non-hydrogen) atoms. The second-order valence-corrected chi connectivity index (χ2v) is 7.44. The number of carbonyl (C=O) groups is 1. The van der Waals surface area contributed by atoms with Crippen LogP contribution in [0.2, 0.25) is 0 Å². The van der Waals surface area contributed by atoms with Gasteiger partial charge in [0.2, 0.25) is 0 Å². The molecule has 0 saturated carbocycles. The van der Waals surface area contributed by atoms with Crippen molar-refractivity contribution in [2.75, 3.05) is 31.6 Å². The molecule has 2 heterocycles. The zero-order valence-corrected chi connectivity index (χ0v) is 15.0. The summed E-state index contributed by atoms with van der Waals surface area (Å²) in [5.41, 5.74) is 1.73. The van der Waals surface area contributed by atoms with Gasteiger partial charge in [-0.15, -0.1) is 0 Å². The van der Waals surface area contributed by atoms with E-state index in [0.29, 0.717) is 12.1 Å². The third kappa shape index (κ3) is 2.98. The van der Waals surface area contributed by atoms with Crippen molar-refractivity contribution in [3.8, 4) is 0 Å². The summed E-state index contributed by atoms with van der Waals surface area (Å²) >= 11 is 0. The number of nitrogens with zero attached hydrogens (tertiary/aromatic N) is 3. The Bertz CT molecular complexity index is 905. The maximum Gasteiger partial charge on any atom is 0.269 e. The molecule has 0 bridgehead atoms. The summed E-state index contributed by atoms with van der Waals surface area (Å²) in [5, 5.41) is 10.8. The van der Waals surface area contributed by atoms with Gasteiger partial charge in [0.25, 0.3) is 11.6 Å². The number of anilines is 1. The van der Waals surface area contributed by atoms with E-state index in [1.807, 2.05) is 0 Å². The number of piperidine rings is 1. The largest absolute Gasteiger partial charge is 0.307 e. The average Bonchev–Trinajstić information content (AvgIpc) is 2.97. The maximum atomic E-state index is 14.0. The molecule has 1 amide bonds. The Morgan fingerprint density at radius 1 is 1.15 bits per heavy atom. The first-order valence-corrected chi connectivity index (χ1v) is 8.95. The molecule has 6 nitrogen and oxygen atoms in total. The van der Waals surface area contributed by atoms with Crippen molar-refractivity contribution >= 4 is 17.3 Å².